The van der Waals surface area contributed by atoms with Crippen LogP contribution >= 0.6 is 0 Å². The van der Waals surface area contributed by atoms with Crippen molar-refractivity contribution in [3.05, 3.63) is 24.3 Å². The number of carbonyl (C=O) groups is 2. The van der Waals surface area contributed by atoms with Gasteiger partial charge in [-0.3, -0.25) is 0 Å². The topological polar surface area (TPSA) is 121 Å². The molecule has 0 rings (SSSR count). The highest BCUT2D eigenvalue weighted by atomic mass is 16.4. The van der Waals surface area contributed by atoms with Crippen molar-refractivity contribution in [2.75, 3.05) is 68.6 Å². The largest absolute Gasteiger partial charge is 0.545 e. The number of hydrogen-bond acceptors (Lipinski definition) is 6. The lowest BCUT2D eigenvalue weighted by Crippen LogP contribution is -2.36. The maximum atomic E-state index is 9.49. The molecule has 156 valence electrons. The van der Waals surface area contributed by atoms with Gasteiger partial charge < -0.3 is 39.0 Å². The average molecular weight is 379 g/mol. The van der Waals surface area contributed by atoms with E-state index in [-0.39, 0.29) is 24.4 Å². The van der Waals surface area contributed by atoms with E-state index in [1.54, 1.807) is 0 Å². The molecule has 0 spiro atoms. The highest BCUT2D eigenvalue weighted by Gasteiger charge is 2.02. The minimum absolute atomic E-state index is 0.0648. The van der Waals surface area contributed by atoms with E-state index >= 15 is 0 Å². The molecule has 2 N–H and O–H groups in total. The van der Waals surface area contributed by atoms with E-state index in [0.717, 1.165) is 22.1 Å². The van der Waals surface area contributed by atoms with Crippen LogP contribution < -0.4 is 10.2 Å². The molecule has 0 aromatic carbocycles. The predicted octanol–water partition coefficient (Wildman–Crippen LogP) is -2.01. The molecule has 8 nitrogen and oxygen atoms in total. The van der Waals surface area contributed by atoms with Crippen LogP contribution in [0.25, 0.3) is 0 Å². The van der Waals surface area contributed by atoms with Crippen LogP contribution in [0, 0.1) is 0 Å². The Labute approximate surface area is 158 Å². The molecule has 0 radical (unpaired) electrons. The standard InChI is InChI=1S/2C5H14NO.2C4H6O2/c2*1-6(2,3)4-5-7;2*1-3(2)4(5)6/h2*7H,4-5H2,1-3H3;2*1H2,2H3,(H,5,6)/q2*+1;;/p-2. The van der Waals surface area contributed by atoms with Crippen LogP contribution in [0.15, 0.2) is 24.3 Å². The van der Waals surface area contributed by atoms with Crippen molar-refractivity contribution in [1.29, 1.82) is 0 Å². The summed E-state index contributed by atoms with van der Waals surface area (Å²) >= 11 is 0. The first kappa shape index (κ1) is 32.0. The first-order chi connectivity index (χ1) is 11.4. The zero-order chi connectivity index (χ0) is 22.1. The van der Waals surface area contributed by atoms with Crippen molar-refractivity contribution in [3.63, 3.8) is 0 Å². The SMILES string of the molecule is C=C(C)C(=O)[O-].C=C(C)C(=O)[O-].C[N+](C)(C)CCO.C[N+](C)(C)CCO. The molecular formula is C18H38N2O6. The monoisotopic (exact) mass is 378 g/mol. The van der Waals surface area contributed by atoms with Crippen molar-refractivity contribution >= 4 is 11.9 Å². The molecule has 0 aliphatic carbocycles. The van der Waals surface area contributed by atoms with Gasteiger partial charge in [0.2, 0.25) is 0 Å². The molecule has 0 fully saturated rings. The Bertz CT molecular complexity index is 356. The molecular weight excluding hydrogens is 340 g/mol. The molecule has 8 heteroatoms. The number of quaternary nitrogens is 2. The summed E-state index contributed by atoms with van der Waals surface area (Å²) in [5.74, 6) is -2.37. The third-order valence-electron chi connectivity index (χ3n) is 2.24. The van der Waals surface area contributed by atoms with E-state index in [1.165, 1.54) is 13.8 Å². The van der Waals surface area contributed by atoms with Crippen LogP contribution in [0.3, 0.4) is 0 Å². The minimum atomic E-state index is -1.19. The maximum Gasteiger partial charge on any atom is 0.101 e. The highest BCUT2D eigenvalue weighted by molar-refractivity contribution is 5.83. The number of hydrogen-bond donors (Lipinski definition) is 2. The highest BCUT2D eigenvalue weighted by Crippen LogP contribution is 1.85. The predicted molar refractivity (Wildman–Crippen MR) is 99.6 cm³/mol. The molecule has 0 saturated heterocycles. The van der Waals surface area contributed by atoms with E-state index < -0.39 is 11.9 Å². The first-order valence-electron chi connectivity index (χ1n) is 7.97. The van der Waals surface area contributed by atoms with E-state index in [9.17, 15) is 19.8 Å². The molecule has 0 aromatic rings. The van der Waals surface area contributed by atoms with Gasteiger partial charge in [-0.15, -0.1) is 0 Å². The zero-order valence-corrected chi connectivity index (χ0v) is 17.7. The fourth-order valence-electron chi connectivity index (χ4n) is 0.600. The summed E-state index contributed by atoms with van der Waals surface area (Å²) in [5, 5.41) is 35.7. The lowest BCUT2D eigenvalue weighted by molar-refractivity contribution is -0.870. The summed E-state index contributed by atoms with van der Waals surface area (Å²) in [5.41, 5.74) is 0.130. The number of carbonyl (C=O) groups excluding carboxylic acids is 2. The Balaban J connectivity index is -0.000000124. The third-order valence-corrected chi connectivity index (χ3v) is 2.24. The summed E-state index contributed by atoms with van der Waals surface area (Å²) < 4.78 is 1.69. The Morgan fingerprint density at radius 1 is 0.731 bits per heavy atom. The lowest BCUT2D eigenvalue weighted by atomic mass is 10.4. The van der Waals surface area contributed by atoms with Gasteiger partial charge in [-0.05, 0) is 25.0 Å². The van der Waals surface area contributed by atoms with Crippen LogP contribution in [0.2, 0.25) is 0 Å². The number of nitrogens with zero attached hydrogens (tertiary/aromatic N) is 2. The quantitative estimate of drug-likeness (QED) is 0.407. The van der Waals surface area contributed by atoms with Gasteiger partial charge in [0.15, 0.2) is 0 Å². The van der Waals surface area contributed by atoms with Gasteiger partial charge in [-0.1, -0.05) is 13.2 Å². The van der Waals surface area contributed by atoms with E-state index in [2.05, 4.69) is 55.4 Å². The average Bonchev–Trinajstić information content (AvgIpc) is 2.37. The number of likely N-dealkylation sites (N-methyl/N-ethyl adjacent to an activating group) is 2. The normalized spacial score (nSPS) is 9.92. The summed E-state index contributed by atoms with van der Waals surface area (Å²) in [6.45, 7) is 11.2. The van der Waals surface area contributed by atoms with Crippen molar-refractivity contribution in [2.45, 2.75) is 13.8 Å². The number of rotatable bonds is 6. The van der Waals surface area contributed by atoms with Crippen molar-refractivity contribution < 1.29 is 39.0 Å². The van der Waals surface area contributed by atoms with Crippen LogP contribution in [-0.2, 0) is 9.59 Å². The smallest absolute Gasteiger partial charge is 0.101 e. The number of carboxylic acids is 2. The van der Waals surface area contributed by atoms with Crippen molar-refractivity contribution in [1.82, 2.24) is 0 Å². The zero-order valence-electron chi connectivity index (χ0n) is 17.7. The van der Waals surface area contributed by atoms with E-state index in [4.69, 9.17) is 10.2 Å². The molecule has 0 heterocycles. The minimum Gasteiger partial charge on any atom is -0.545 e. The summed E-state index contributed by atoms with van der Waals surface area (Å²) in [4.78, 5) is 19.0. The Morgan fingerprint density at radius 2 is 0.885 bits per heavy atom. The molecule has 0 aliphatic heterocycles. The number of aliphatic carboxylic acids is 2. The van der Waals surface area contributed by atoms with Crippen LogP contribution in [-0.4, -0.2) is 99.7 Å². The first-order valence-corrected chi connectivity index (χ1v) is 7.97. The molecule has 0 bridgehead atoms. The van der Waals surface area contributed by atoms with Gasteiger partial charge >= 0.3 is 0 Å². The van der Waals surface area contributed by atoms with Crippen LogP contribution in [0.1, 0.15) is 13.8 Å². The summed E-state index contributed by atoms with van der Waals surface area (Å²) in [6, 6.07) is 0. The second-order valence-corrected chi connectivity index (χ2v) is 7.61. The van der Waals surface area contributed by atoms with Crippen LogP contribution in [0.4, 0.5) is 0 Å². The number of aliphatic hydroxyl groups is 2. The number of aliphatic hydroxyl groups excluding tert-OH is 2. The fourth-order valence-corrected chi connectivity index (χ4v) is 0.600. The molecule has 0 saturated carbocycles. The second kappa shape index (κ2) is 16.7. The Hall–Kier alpha value is -1.74. The Morgan fingerprint density at radius 3 is 0.885 bits per heavy atom. The lowest BCUT2D eigenvalue weighted by Gasteiger charge is -2.21. The van der Waals surface area contributed by atoms with Gasteiger partial charge in [0.1, 0.15) is 13.1 Å². The van der Waals surface area contributed by atoms with E-state index in [1.807, 2.05) is 0 Å². The molecule has 0 unspecified atom stereocenters. The molecule has 26 heavy (non-hydrogen) atoms. The van der Waals surface area contributed by atoms with Gasteiger partial charge in [0.25, 0.3) is 0 Å². The van der Waals surface area contributed by atoms with Gasteiger partial charge in [-0.25, -0.2) is 0 Å². The molecule has 0 aromatic heterocycles. The molecule has 0 amide bonds. The third kappa shape index (κ3) is 49.5. The Kier molecular flexibility index (Phi) is 20.6. The maximum absolute atomic E-state index is 9.49. The van der Waals surface area contributed by atoms with Crippen LogP contribution in [0.5, 0.6) is 0 Å². The van der Waals surface area contributed by atoms with Crippen molar-refractivity contribution in [3.8, 4) is 0 Å². The van der Waals surface area contributed by atoms with Gasteiger partial charge in [0, 0.05) is 0 Å². The second-order valence-electron chi connectivity index (χ2n) is 7.61. The van der Waals surface area contributed by atoms with Gasteiger partial charge in [0.05, 0.1) is 67.4 Å². The molecule has 0 aliphatic rings. The fraction of sp³-hybridized carbons (Fsp3) is 0.667. The number of carboxylic acid groups (broad SMARTS) is 2. The summed E-state index contributed by atoms with van der Waals surface area (Å²) in [6.07, 6.45) is 0. The summed E-state index contributed by atoms with van der Waals surface area (Å²) in [7, 11) is 12.3. The van der Waals surface area contributed by atoms with E-state index in [0.29, 0.717) is 0 Å². The van der Waals surface area contributed by atoms with Gasteiger partial charge in [-0.2, -0.15) is 0 Å². The van der Waals surface area contributed by atoms with Crippen molar-refractivity contribution in [2.24, 2.45) is 0 Å². The molecule has 0 atom stereocenters.